The summed E-state index contributed by atoms with van der Waals surface area (Å²) < 4.78 is 6.15. The first-order valence-corrected chi connectivity index (χ1v) is 8.87. The summed E-state index contributed by atoms with van der Waals surface area (Å²) in [6, 6.07) is 3.76. The second kappa shape index (κ2) is 6.93. The molecule has 0 aliphatic carbocycles. The minimum absolute atomic E-state index is 0.132. The maximum Gasteiger partial charge on any atom is 0.172 e. The lowest BCUT2D eigenvalue weighted by molar-refractivity contribution is 0.254. The molecule has 0 bridgehead atoms. The summed E-state index contributed by atoms with van der Waals surface area (Å²) in [5.74, 6) is 0.613. The van der Waals surface area contributed by atoms with E-state index in [1.165, 1.54) is 11.3 Å². The number of phenolic OH excluding ortho intramolecular Hbond substituents is 1. The molecule has 0 atom stereocenters. The van der Waals surface area contributed by atoms with Gasteiger partial charge in [-0.15, -0.1) is 0 Å². The van der Waals surface area contributed by atoms with Crippen molar-refractivity contribution in [1.82, 2.24) is 15.1 Å². The summed E-state index contributed by atoms with van der Waals surface area (Å²) in [4.78, 5) is 2.46. The fourth-order valence-electron chi connectivity index (χ4n) is 3.07. The van der Waals surface area contributed by atoms with Gasteiger partial charge in [-0.25, -0.2) is 0 Å². The van der Waals surface area contributed by atoms with Crippen molar-refractivity contribution < 1.29 is 9.84 Å². The Balaban J connectivity index is 1.99. The van der Waals surface area contributed by atoms with Gasteiger partial charge in [0.1, 0.15) is 0 Å². The van der Waals surface area contributed by atoms with Crippen LogP contribution < -0.4 is 4.74 Å². The Kier molecular flexibility index (Phi) is 4.92. The highest BCUT2D eigenvalue weighted by atomic mass is 79.9. The van der Waals surface area contributed by atoms with Crippen LogP contribution in [0.2, 0.25) is 0 Å². The van der Waals surface area contributed by atoms with Gasteiger partial charge in [0.25, 0.3) is 0 Å². The molecule has 3 rings (SSSR count). The molecular weight excluding hydrogens is 358 g/mol. The Bertz CT molecular complexity index is 699. The zero-order valence-electron chi connectivity index (χ0n) is 13.5. The van der Waals surface area contributed by atoms with Gasteiger partial charge in [0.15, 0.2) is 11.5 Å². The first-order chi connectivity index (χ1) is 11.1. The Morgan fingerprint density at radius 2 is 2.22 bits per heavy atom. The number of benzene rings is 1. The van der Waals surface area contributed by atoms with Crippen LogP contribution in [0.3, 0.4) is 0 Å². The van der Waals surface area contributed by atoms with Gasteiger partial charge in [0.2, 0.25) is 0 Å². The smallest absolute Gasteiger partial charge is 0.172 e. The van der Waals surface area contributed by atoms with Crippen LogP contribution in [0.15, 0.2) is 16.6 Å². The van der Waals surface area contributed by atoms with Crippen molar-refractivity contribution in [3.8, 4) is 22.8 Å². The van der Waals surface area contributed by atoms with Crippen molar-refractivity contribution in [2.24, 2.45) is 0 Å². The lowest BCUT2D eigenvalue weighted by Crippen LogP contribution is -2.31. The van der Waals surface area contributed by atoms with E-state index in [1.807, 2.05) is 19.1 Å². The maximum atomic E-state index is 10.1. The van der Waals surface area contributed by atoms with Crippen LogP contribution in [-0.4, -0.2) is 39.9 Å². The highest BCUT2D eigenvalue weighted by Crippen LogP contribution is 2.40. The van der Waals surface area contributed by atoms with Gasteiger partial charge in [-0.1, -0.05) is 6.92 Å². The predicted molar refractivity (Wildman–Crippen MR) is 93.8 cm³/mol. The van der Waals surface area contributed by atoms with E-state index >= 15 is 0 Å². The molecule has 5 nitrogen and oxygen atoms in total. The highest BCUT2D eigenvalue weighted by Gasteiger charge is 2.23. The maximum absolute atomic E-state index is 10.1. The third-order valence-electron chi connectivity index (χ3n) is 4.15. The number of aromatic nitrogens is 2. The molecule has 1 aromatic heterocycles. The van der Waals surface area contributed by atoms with Crippen LogP contribution in [0.4, 0.5) is 0 Å². The quantitative estimate of drug-likeness (QED) is 0.830. The SMILES string of the molecule is CCCN1CCc2[nH]nc(-c3cc(Br)c(O)c(OCC)c3)c2C1. The van der Waals surface area contributed by atoms with E-state index in [1.54, 1.807) is 0 Å². The van der Waals surface area contributed by atoms with Crippen LogP contribution in [0.5, 0.6) is 11.5 Å². The van der Waals surface area contributed by atoms with E-state index in [-0.39, 0.29) is 5.75 Å². The number of fused-ring (bicyclic) bond motifs is 1. The van der Waals surface area contributed by atoms with E-state index < -0.39 is 0 Å². The van der Waals surface area contributed by atoms with Crippen LogP contribution in [0.25, 0.3) is 11.3 Å². The number of hydrogen-bond acceptors (Lipinski definition) is 4. The summed E-state index contributed by atoms with van der Waals surface area (Å²) in [5, 5.41) is 17.8. The molecule has 2 heterocycles. The molecule has 2 N–H and O–H groups in total. The molecule has 0 saturated carbocycles. The monoisotopic (exact) mass is 379 g/mol. The van der Waals surface area contributed by atoms with Gasteiger partial charge in [-0.05, 0) is 48.0 Å². The van der Waals surface area contributed by atoms with Crippen molar-refractivity contribution in [2.45, 2.75) is 33.2 Å². The number of aromatic amines is 1. The molecule has 0 fully saturated rings. The molecule has 2 aromatic rings. The molecule has 1 aliphatic rings. The van der Waals surface area contributed by atoms with E-state index in [4.69, 9.17) is 4.74 Å². The average Bonchev–Trinajstić information content (AvgIpc) is 2.95. The van der Waals surface area contributed by atoms with E-state index in [0.717, 1.165) is 43.7 Å². The van der Waals surface area contributed by atoms with Gasteiger partial charge in [-0.3, -0.25) is 10.00 Å². The molecule has 1 aromatic carbocycles. The molecule has 0 radical (unpaired) electrons. The van der Waals surface area contributed by atoms with E-state index in [0.29, 0.717) is 16.8 Å². The molecule has 23 heavy (non-hydrogen) atoms. The topological polar surface area (TPSA) is 61.4 Å². The summed E-state index contributed by atoms with van der Waals surface area (Å²) in [5.41, 5.74) is 4.37. The van der Waals surface area contributed by atoms with Gasteiger partial charge in [0.05, 0.1) is 16.8 Å². The fraction of sp³-hybridized carbons (Fsp3) is 0.471. The Morgan fingerprint density at radius 3 is 2.96 bits per heavy atom. The minimum atomic E-state index is 0.132. The molecule has 0 unspecified atom stereocenters. The predicted octanol–water partition coefficient (Wildman–Crippen LogP) is 3.71. The third kappa shape index (κ3) is 3.23. The van der Waals surface area contributed by atoms with Gasteiger partial charge in [-0.2, -0.15) is 5.10 Å². The first-order valence-electron chi connectivity index (χ1n) is 8.08. The summed E-state index contributed by atoms with van der Waals surface area (Å²) >= 11 is 3.41. The molecule has 6 heteroatoms. The Morgan fingerprint density at radius 1 is 1.39 bits per heavy atom. The van der Waals surface area contributed by atoms with E-state index in [2.05, 4.69) is 38.0 Å². The normalized spacial score (nSPS) is 14.7. The van der Waals surface area contributed by atoms with Crippen molar-refractivity contribution in [3.05, 3.63) is 27.9 Å². The van der Waals surface area contributed by atoms with Crippen molar-refractivity contribution >= 4 is 15.9 Å². The van der Waals surface area contributed by atoms with E-state index in [9.17, 15) is 5.11 Å². The lowest BCUT2D eigenvalue weighted by atomic mass is 10.0. The van der Waals surface area contributed by atoms with Crippen molar-refractivity contribution in [2.75, 3.05) is 19.7 Å². The molecular formula is C17H22BrN3O2. The zero-order chi connectivity index (χ0) is 16.4. The number of nitrogens with zero attached hydrogens (tertiary/aromatic N) is 2. The number of nitrogens with one attached hydrogen (secondary N) is 1. The zero-order valence-corrected chi connectivity index (χ0v) is 15.1. The fourth-order valence-corrected chi connectivity index (χ4v) is 3.51. The van der Waals surface area contributed by atoms with Crippen LogP contribution >= 0.6 is 15.9 Å². The number of hydrogen-bond donors (Lipinski definition) is 2. The Labute approximate surface area is 144 Å². The third-order valence-corrected chi connectivity index (χ3v) is 4.76. The molecule has 0 spiro atoms. The summed E-state index contributed by atoms with van der Waals surface area (Å²) in [6.45, 7) is 7.71. The van der Waals surface area contributed by atoms with Crippen molar-refractivity contribution in [1.29, 1.82) is 0 Å². The number of halogens is 1. The average molecular weight is 380 g/mol. The molecule has 124 valence electrons. The molecule has 1 aliphatic heterocycles. The number of aromatic hydroxyl groups is 1. The lowest BCUT2D eigenvalue weighted by Gasteiger charge is -2.26. The van der Waals surface area contributed by atoms with Gasteiger partial charge in [0, 0.05) is 36.3 Å². The number of phenols is 1. The Hall–Kier alpha value is -1.53. The van der Waals surface area contributed by atoms with Crippen LogP contribution in [-0.2, 0) is 13.0 Å². The second-order valence-electron chi connectivity index (χ2n) is 5.79. The van der Waals surface area contributed by atoms with Crippen LogP contribution in [0, 0.1) is 0 Å². The number of H-pyrrole nitrogens is 1. The number of ether oxygens (including phenoxy) is 1. The first kappa shape index (κ1) is 16.3. The van der Waals surface area contributed by atoms with Crippen molar-refractivity contribution in [3.63, 3.8) is 0 Å². The largest absolute Gasteiger partial charge is 0.503 e. The standard InChI is InChI=1S/C17H22BrN3O2/c1-3-6-21-7-5-14-12(10-21)16(20-19-14)11-8-13(18)17(22)15(9-11)23-4-2/h8-9,22H,3-7,10H2,1-2H3,(H,19,20). The van der Waals surface area contributed by atoms with Gasteiger partial charge < -0.3 is 9.84 Å². The second-order valence-corrected chi connectivity index (χ2v) is 6.65. The van der Waals surface area contributed by atoms with Gasteiger partial charge >= 0.3 is 0 Å². The minimum Gasteiger partial charge on any atom is -0.503 e. The molecule has 0 amide bonds. The summed E-state index contributed by atoms with van der Waals surface area (Å²) in [6.07, 6.45) is 2.15. The number of rotatable bonds is 5. The van der Waals surface area contributed by atoms with Crippen LogP contribution in [0.1, 0.15) is 31.5 Å². The highest BCUT2D eigenvalue weighted by molar-refractivity contribution is 9.10. The summed E-state index contributed by atoms with van der Waals surface area (Å²) in [7, 11) is 0. The molecule has 0 saturated heterocycles.